The van der Waals surface area contributed by atoms with Gasteiger partial charge in [0.2, 0.25) is 5.91 Å². The van der Waals surface area contributed by atoms with Crippen LogP contribution in [0.5, 0.6) is 0 Å². The minimum absolute atomic E-state index is 0.121. The minimum Gasteiger partial charge on any atom is -0.476 e. The summed E-state index contributed by atoms with van der Waals surface area (Å²) < 4.78 is 0.894. The van der Waals surface area contributed by atoms with Crippen molar-refractivity contribution in [2.75, 3.05) is 6.54 Å². The van der Waals surface area contributed by atoms with E-state index in [4.69, 9.17) is 0 Å². The molecule has 0 aliphatic rings. The van der Waals surface area contributed by atoms with Crippen LogP contribution in [0.25, 0.3) is 10.8 Å². The Hall–Kier alpha value is -3.33. The van der Waals surface area contributed by atoms with Crippen LogP contribution in [0.15, 0.2) is 41.2 Å². The van der Waals surface area contributed by atoms with Gasteiger partial charge in [0.25, 0.3) is 5.56 Å². The molecular weight excluding hydrogens is 382 g/mol. The highest BCUT2D eigenvalue weighted by Crippen LogP contribution is 2.18. The number of amides is 1. The number of aromatic nitrogens is 2. The lowest BCUT2D eigenvalue weighted by Crippen LogP contribution is -2.29. The quantitative estimate of drug-likeness (QED) is 0.584. The molecule has 2 aromatic heterocycles. The van der Waals surface area contributed by atoms with Crippen molar-refractivity contribution in [1.29, 1.82) is 0 Å². The summed E-state index contributed by atoms with van der Waals surface area (Å²) in [6.07, 6.45) is 0.592. The number of ketones is 1. The standard InChI is InChI=1S/C19H17N3O5S/c1-11(23)20-9-8-12-6-7-16(28-12)15(24)10-22-18(25)14-5-3-2-4-13(14)17(21-22)19(26)27/h2-7H,8-10H2,1H3,(H,20,23)(H,26,27). The Kier molecular flexibility index (Phi) is 5.65. The van der Waals surface area contributed by atoms with Gasteiger partial charge < -0.3 is 10.4 Å². The van der Waals surface area contributed by atoms with E-state index in [2.05, 4.69) is 10.4 Å². The molecule has 9 heteroatoms. The molecule has 3 rings (SSSR count). The third kappa shape index (κ3) is 4.15. The number of Topliss-reactive ketones (excluding diaryl/α,β-unsaturated/α-hetero) is 1. The average Bonchev–Trinajstić information content (AvgIpc) is 3.12. The fourth-order valence-corrected chi connectivity index (χ4v) is 3.68. The van der Waals surface area contributed by atoms with Gasteiger partial charge in [0.15, 0.2) is 11.5 Å². The van der Waals surface area contributed by atoms with Crippen LogP contribution in [0.1, 0.15) is 32.0 Å². The molecule has 0 saturated heterocycles. The number of carbonyl (C=O) groups is 3. The summed E-state index contributed by atoms with van der Waals surface area (Å²) >= 11 is 1.27. The zero-order valence-corrected chi connectivity index (χ0v) is 15.8. The van der Waals surface area contributed by atoms with Crippen molar-refractivity contribution in [3.8, 4) is 0 Å². The number of fused-ring (bicyclic) bond motifs is 1. The number of carboxylic acids is 1. The molecule has 0 fully saturated rings. The second-order valence-electron chi connectivity index (χ2n) is 6.08. The first kappa shape index (κ1) is 19.4. The number of hydrogen-bond acceptors (Lipinski definition) is 6. The van der Waals surface area contributed by atoms with Crippen molar-refractivity contribution in [1.82, 2.24) is 15.1 Å². The lowest BCUT2D eigenvalue weighted by molar-refractivity contribution is -0.118. The van der Waals surface area contributed by atoms with Gasteiger partial charge in [-0.3, -0.25) is 14.4 Å². The van der Waals surface area contributed by atoms with Crippen LogP contribution in [0.3, 0.4) is 0 Å². The van der Waals surface area contributed by atoms with E-state index >= 15 is 0 Å². The van der Waals surface area contributed by atoms with Crippen LogP contribution >= 0.6 is 11.3 Å². The molecule has 1 amide bonds. The van der Waals surface area contributed by atoms with Gasteiger partial charge in [-0.25, -0.2) is 9.48 Å². The molecule has 28 heavy (non-hydrogen) atoms. The molecule has 0 aliphatic heterocycles. The lowest BCUT2D eigenvalue weighted by Gasteiger charge is -2.07. The molecule has 8 nitrogen and oxygen atoms in total. The number of thiophene rings is 1. The number of benzene rings is 1. The molecule has 0 aliphatic carbocycles. The molecule has 2 heterocycles. The molecule has 144 valence electrons. The van der Waals surface area contributed by atoms with Gasteiger partial charge in [-0.1, -0.05) is 18.2 Å². The highest BCUT2D eigenvalue weighted by molar-refractivity contribution is 7.14. The molecular formula is C19H17N3O5S. The van der Waals surface area contributed by atoms with E-state index in [1.54, 1.807) is 24.3 Å². The minimum atomic E-state index is -1.27. The average molecular weight is 399 g/mol. The van der Waals surface area contributed by atoms with Gasteiger partial charge in [-0.2, -0.15) is 5.10 Å². The van der Waals surface area contributed by atoms with Crippen molar-refractivity contribution in [2.45, 2.75) is 19.9 Å². The van der Waals surface area contributed by atoms with Crippen LogP contribution in [0.2, 0.25) is 0 Å². The number of nitrogens with one attached hydrogen (secondary N) is 1. The van der Waals surface area contributed by atoms with Crippen LogP contribution in [-0.4, -0.2) is 39.1 Å². The number of aromatic carboxylic acids is 1. The van der Waals surface area contributed by atoms with E-state index in [9.17, 15) is 24.3 Å². The molecule has 0 bridgehead atoms. The first-order chi connectivity index (χ1) is 13.4. The van der Waals surface area contributed by atoms with Crippen molar-refractivity contribution in [3.05, 3.63) is 62.2 Å². The monoisotopic (exact) mass is 399 g/mol. The fourth-order valence-electron chi connectivity index (χ4n) is 2.74. The van der Waals surface area contributed by atoms with Crippen LogP contribution in [0.4, 0.5) is 0 Å². The largest absolute Gasteiger partial charge is 0.476 e. The molecule has 0 unspecified atom stereocenters. The molecule has 0 spiro atoms. The Balaban J connectivity index is 1.85. The number of rotatable bonds is 7. The van der Waals surface area contributed by atoms with E-state index in [1.165, 1.54) is 30.4 Å². The number of hydrogen-bond donors (Lipinski definition) is 2. The van der Waals surface area contributed by atoms with Crippen molar-refractivity contribution < 1.29 is 19.5 Å². The van der Waals surface area contributed by atoms with E-state index in [0.29, 0.717) is 17.8 Å². The summed E-state index contributed by atoms with van der Waals surface area (Å²) in [5.74, 6) is -1.73. The Morgan fingerprint density at radius 2 is 1.86 bits per heavy atom. The molecule has 0 saturated carbocycles. The predicted molar refractivity (Wildman–Crippen MR) is 104 cm³/mol. The first-order valence-corrected chi connectivity index (χ1v) is 9.28. The van der Waals surface area contributed by atoms with Crippen molar-refractivity contribution in [3.63, 3.8) is 0 Å². The molecule has 2 N–H and O–H groups in total. The first-order valence-electron chi connectivity index (χ1n) is 8.46. The second kappa shape index (κ2) is 8.13. The van der Waals surface area contributed by atoms with Crippen molar-refractivity contribution in [2.24, 2.45) is 0 Å². The van der Waals surface area contributed by atoms with Gasteiger partial charge in [0.05, 0.1) is 10.3 Å². The predicted octanol–water partition coefficient (Wildman–Crippen LogP) is 1.72. The zero-order chi connectivity index (χ0) is 20.3. The smallest absolute Gasteiger partial charge is 0.357 e. The molecule has 1 aromatic carbocycles. The molecule has 0 atom stereocenters. The van der Waals surface area contributed by atoms with E-state index in [-0.39, 0.29) is 34.7 Å². The van der Waals surface area contributed by atoms with Crippen molar-refractivity contribution >= 4 is 39.8 Å². The summed E-state index contributed by atoms with van der Waals surface area (Å²) in [5, 5.41) is 16.4. The maximum atomic E-state index is 12.6. The Morgan fingerprint density at radius 3 is 2.54 bits per heavy atom. The lowest BCUT2D eigenvalue weighted by atomic mass is 10.1. The topological polar surface area (TPSA) is 118 Å². The van der Waals surface area contributed by atoms with E-state index in [1.807, 2.05) is 0 Å². The number of carbonyl (C=O) groups excluding carboxylic acids is 2. The SMILES string of the molecule is CC(=O)NCCc1ccc(C(=O)Cn2nc(C(=O)O)c3ccccc3c2=O)s1. The van der Waals surface area contributed by atoms with Gasteiger partial charge >= 0.3 is 5.97 Å². The number of carboxylic acid groups (broad SMARTS) is 1. The summed E-state index contributed by atoms with van der Waals surface area (Å²) in [6.45, 7) is 1.55. The van der Waals surface area contributed by atoms with Gasteiger partial charge in [0.1, 0.15) is 6.54 Å². The van der Waals surface area contributed by atoms with Crippen LogP contribution in [-0.2, 0) is 17.8 Å². The summed E-state index contributed by atoms with van der Waals surface area (Å²) in [5.41, 5.74) is -0.790. The summed E-state index contributed by atoms with van der Waals surface area (Å²) in [7, 11) is 0. The molecule has 0 radical (unpaired) electrons. The maximum absolute atomic E-state index is 12.6. The van der Waals surface area contributed by atoms with Gasteiger partial charge in [-0.15, -0.1) is 11.3 Å². The third-order valence-electron chi connectivity index (χ3n) is 4.05. The highest BCUT2D eigenvalue weighted by Gasteiger charge is 2.18. The Labute approximate surface area is 163 Å². The van der Waals surface area contributed by atoms with Gasteiger partial charge in [0, 0.05) is 23.7 Å². The highest BCUT2D eigenvalue weighted by atomic mass is 32.1. The fraction of sp³-hybridized carbons (Fsp3) is 0.211. The zero-order valence-electron chi connectivity index (χ0n) is 15.0. The maximum Gasteiger partial charge on any atom is 0.357 e. The Bertz CT molecular complexity index is 1130. The summed E-state index contributed by atoms with van der Waals surface area (Å²) in [4.78, 5) is 48.9. The van der Waals surface area contributed by atoms with Crippen LogP contribution in [0, 0.1) is 0 Å². The number of nitrogens with zero attached hydrogens (tertiary/aromatic N) is 2. The molecule has 3 aromatic rings. The van der Waals surface area contributed by atoms with Crippen LogP contribution < -0.4 is 10.9 Å². The second-order valence-corrected chi connectivity index (χ2v) is 7.25. The van der Waals surface area contributed by atoms with E-state index in [0.717, 1.165) is 9.56 Å². The van der Waals surface area contributed by atoms with Gasteiger partial charge in [-0.05, 0) is 24.6 Å². The van der Waals surface area contributed by atoms with E-state index < -0.39 is 11.5 Å². The Morgan fingerprint density at radius 1 is 1.14 bits per heavy atom. The third-order valence-corrected chi connectivity index (χ3v) is 5.23. The normalized spacial score (nSPS) is 10.8. The summed E-state index contributed by atoms with van der Waals surface area (Å²) in [6, 6.07) is 9.72.